The molecular formula is C23H25ClN4O2. The van der Waals surface area contributed by atoms with Gasteiger partial charge < -0.3 is 4.90 Å². The van der Waals surface area contributed by atoms with Gasteiger partial charge >= 0.3 is 0 Å². The van der Waals surface area contributed by atoms with Gasteiger partial charge in [0.15, 0.2) is 0 Å². The second-order valence-corrected chi connectivity index (χ2v) is 8.43. The van der Waals surface area contributed by atoms with Crippen LogP contribution in [0, 0.1) is 0 Å². The number of pyridine rings is 1. The summed E-state index contributed by atoms with van der Waals surface area (Å²) in [6.07, 6.45) is 8.40. The number of aromatic nitrogens is 3. The zero-order valence-electron chi connectivity index (χ0n) is 17.0. The molecule has 1 N–H and O–H groups in total. The van der Waals surface area contributed by atoms with Crippen LogP contribution in [0.2, 0.25) is 5.02 Å². The van der Waals surface area contributed by atoms with Crippen LogP contribution in [0.1, 0.15) is 60.7 Å². The Bertz CT molecular complexity index is 1020. The van der Waals surface area contributed by atoms with E-state index in [1.807, 2.05) is 25.1 Å². The molecule has 4 rings (SSSR count). The lowest BCUT2D eigenvalue weighted by Gasteiger charge is -2.25. The third-order valence-corrected chi connectivity index (χ3v) is 6.14. The van der Waals surface area contributed by atoms with E-state index in [2.05, 4.69) is 21.8 Å². The van der Waals surface area contributed by atoms with E-state index in [9.17, 15) is 9.59 Å². The van der Waals surface area contributed by atoms with E-state index in [4.69, 9.17) is 11.6 Å². The molecule has 1 unspecified atom stereocenters. The van der Waals surface area contributed by atoms with Crippen LogP contribution >= 0.6 is 11.6 Å². The highest BCUT2D eigenvalue weighted by Crippen LogP contribution is 2.39. The first kappa shape index (κ1) is 20.5. The number of rotatable bonds is 7. The Morgan fingerprint density at radius 3 is 2.83 bits per heavy atom. The van der Waals surface area contributed by atoms with Crippen molar-refractivity contribution in [1.29, 1.82) is 0 Å². The van der Waals surface area contributed by atoms with E-state index >= 15 is 0 Å². The van der Waals surface area contributed by atoms with Crippen LogP contribution in [-0.2, 0) is 16.0 Å². The van der Waals surface area contributed by atoms with Gasteiger partial charge in [0.05, 0.1) is 16.4 Å². The number of H-pyrrole nitrogens is 1. The zero-order valence-corrected chi connectivity index (χ0v) is 17.8. The molecular weight excluding hydrogens is 400 g/mol. The topological polar surface area (TPSA) is 79.0 Å². The van der Waals surface area contributed by atoms with Gasteiger partial charge in [0.1, 0.15) is 5.78 Å². The summed E-state index contributed by atoms with van der Waals surface area (Å²) in [5.41, 5.74) is 4.46. The first-order valence-corrected chi connectivity index (χ1v) is 10.7. The summed E-state index contributed by atoms with van der Waals surface area (Å²) in [6.45, 7) is 6.53. The molecule has 2 aliphatic rings. The molecule has 1 saturated carbocycles. The number of carbonyl (C=O) groups is 2. The third kappa shape index (κ3) is 4.38. The number of nitrogens with one attached hydrogen (secondary N) is 1. The van der Waals surface area contributed by atoms with Crippen molar-refractivity contribution in [1.82, 2.24) is 20.1 Å². The predicted molar refractivity (Wildman–Crippen MR) is 116 cm³/mol. The standard InChI is InChI=1S/C23H25ClN4O2/c1-3-22(30)28-8-6-16(7-9-28)23-19(24)10-17(13-25-23)14(2)21(29)12-18-11-20(27-26-18)15-4-5-15/h3,6,10-11,13-15H,1,4-5,7-9,12H2,2H3,(H,26,27). The first-order chi connectivity index (χ1) is 14.5. The number of hydrogen-bond donors (Lipinski definition) is 1. The highest BCUT2D eigenvalue weighted by Gasteiger charge is 2.27. The van der Waals surface area contributed by atoms with Crippen LogP contribution < -0.4 is 0 Å². The summed E-state index contributed by atoms with van der Waals surface area (Å²) in [6, 6.07) is 3.84. The maximum Gasteiger partial charge on any atom is 0.246 e. The minimum atomic E-state index is -0.308. The molecule has 0 bridgehead atoms. The highest BCUT2D eigenvalue weighted by molar-refractivity contribution is 6.32. The lowest BCUT2D eigenvalue weighted by molar-refractivity contribution is -0.125. The number of nitrogens with zero attached hydrogens (tertiary/aromatic N) is 3. The zero-order chi connectivity index (χ0) is 21.3. The largest absolute Gasteiger partial charge is 0.335 e. The van der Waals surface area contributed by atoms with Gasteiger partial charge in [-0.15, -0.1) is 0 Å². The van der Waals surface area contributed by atoms with E-state index in [0.717, 1.165) is 22.5 Å². The SMILES string of the molecule is C=CC(=O)N1CC=C(c2ncc(C(C)C(=O)Cc3cc(C4CC4)n[nH]3)cc2Cl)CC1. The summed E-state index contributed by atoms with van der Waals surface area (Å²) < 4.78 is 0. The number of ketones is 1. The van der Waals surface area contributed by atoms with Crippen molar-refractivity contribution in [2.75, 3.05) is 13.1 Å². The lowest BCUT2D eigenvalue weighted by atomic mass is 9.94. The molecule has 0 saturated heterocycles. The molecule has 156 valence electrons. The Labute approximate surface area is 181 Å². The summed E-state index contributed by atoms with van der Waals surface area (Å²) in [4.78, 5) is 30.8. The quantitative estimate of drug-likeness (QED) is 0.680. The summed E-state index contributed by atoms with van der Waals surface area (Å²) in [5, 5.41) is 7.83. The molecule has 1 aliphatic carbocycles. The monoisotopic (exact) mass is 424 g/mol. The number of Topliss-reactive ketones (excluding diaryl/α,β-unsaturated/α-hetero) is 1. The molecule has 1 amide bonds. The molecule has 6 nitrogen and oxygen atoms in total. The molecule has 3 heterocycles. The molecule has 1 atom stereocenters. The minimum absolute atomic E-state index is 0.0754. The molecule has 7 heteroatoms. The van der Waals surface area contributed by atoms with Crippen LogP contribution in [0.25, 0.3) is 5.57 Å². The minimum Gasteiger partial charge on any atom is -0.335 e. The Kier molecular flexibility index (Phi) is 5.86. The maximum atomic E-state index is 12.8. The molecule has 30 heavy (non-hydrogen) atoms. The van der Waals surface area contributed by atoms with Gasteiger partial charge in [0.2, 0.25) is 5.91 Å². The molecule has 0 radical (unpaired) electrons. The molecule has 2 aromatic heterocycles. The van der Waals surface area contributed by atoms with E-state index in [0.29, 0.717) is 42.6 Å². The fourth-order valence-electron chi connectivity index (χ4n) is 3.72. The molecule has 2 aromatic rings. The van der Waals surface area contributed by atoms with Gasteiger partial charge in [-0.3, -0.25) is 19.7 Å². The Morgan fingerprint density at radius 1 is 1.40 bits per heavy atom. The number of halogens is 1. The average molecular weight is 425 g/mol. The third-order valence-electron chi connectivity index (χ3n) is 5.86. The van der Waals surface area contributed by atoms with Crippen molar-refractivity contribution < 1.29 is 9.59 Å². The fourth-order valence-corrected chi connectivity index (χ4v) is 4.02. The van der Waals surface area contributed by atoms with Crippen molar-refractivity contribution in [3.63, 3.8) is 0 Å². The summed E-state index contributed by atoms with van der Waals surface area (Å²) in [5.74, 6) is 0.280. The highest BCUT2D eigenvalue weighted by atomic mass is 35.5. The van der Waals surface area contributed by atoms with Crippen LogP contribution in [0.5, 0.6) is 0 Å². The normalized spacial score (nSPS) is 17.4. The fraction of sp³-hybridized carbons (Fsp3) is 0.391. The van der Waals surface area contributed by atoms with Gasteiger partial charge in [0, 0.05) is 43.2 Å². The second-order valence-electron chi connectivity index (χ2n) is 8.02. The van der Waals surface area contributed by atoms with Crippen molar-refractivity contribution >= 4 is 28.9 Å². The van der Waals surface area contributed by atoms with Gasteiger partial charge in [-0.05, 0) is 48.6 Å². The van der Waals surface area contributed by atoms with Crippen LogP contribution in [0.15, 0.2) is 37.1 Å². The average Bonchev–Trinajstić information content (AvgIpc) is 3.51. The summed E-state index contributed by atoms with van der Waals surface area (Å²) in [7, 11) is 0. The van der Waals surface area contributed by atoms with Gasteiger partial charge in [-0.1, -0.05) is 31.2 Å². The maximum absolute atomic E-state index is 12.8. The molecule has 1 aliphatic heterocycles. The Morgan fingerprint density at radius 2 is 2.20 bits per heavy atom. The molecule has 0 aromatic carbocycles. The van der Waals surface area contributed by atoms with Gasteiger partial charge in [-0.25, -0.2) is 0 Å². The number of aromatic amines is 1. The molecule has 0 spiro atoms. The van der Waals surface area contributed by atoms with Crippen LogP contribution in [0.3, 0.4) is 0 Å². The number of amides is 1. The van der Waals surface area contributed by atoms with Crippen LogP contribution in [-0.4, -0.2) is 44.9 Å². The Balaban J connectivity index is 1.43. The van der Waals surface area contributed by atoms with Crippen molar-refractivity contribution in [2.24, 2.45) is 0 Å². The van der Waals surface area contributed by atoms with Gasteiger partial charge in [0.25, 0.3) is 0 Å². The van der Waals surface area contributed by atoms with Crippen molar-refractivity contribution in [2.45, 2.75) is 44.4 Å². The van der Waals surface area contributed by atoms with E-state index in [1.54, 1.807) is 11.1 Å². The van der Waals surface area contributed by atoms with Crippen molar-refractivity contribution in [3.05, 3.63) is 64.7 Å². The molecule has 1 fully saturated rings. The predicted octanol–water partition coefficient (Wildman–Crippen LogP) is 4.05. The van der Waals surface area contributed by atoms with Gasteiger partial charge in [-0.2, -0.15) is 5.10 Å². The van der Waals surface area contributed by atoms with Crippen LogP contribution in [0.4, 0.5) is 0 Å². The summed E-state index contributed by atoms with van der Waals surface area (Å²) >= 11 is 6.52. The Hall–Kier alpha value is -2.73. The van der Waals surface area contributed by atoms with Crippen molar-refractivity contribution in [3.8, 4) is 0 Å². The smallest absolute Gasteiger partial charge is 0.246 e. The first-order valence-electron chi connectivity index (χ1n) is 10.3. The van der Waals surface area contributed by atoms with E-state index in [-0.39, 0.29) is 17.6 Å². The second kappa shape index (κ2) is 8.56. The lowest BCUT2D eigenvalue weighted by Crippen LogP contribution is -2.33. The van der Waals surface area contributed by atoms with E-state index in [1.165, 1.54) is 18.9 Å². The van der Waals surface area contributed by atoms with E-state index < -0.39 is 0 Å². The number of hydrogen-bond acceptors (Lipinski definition) is 4. The number of carbonyl (C=O) groups excluding carboxylic acids is 2.